The van der Waals surface area contributed by atoms with Gasteiger partial charge in [0.25, 0.3) is 0 Å². The summed E-state index contributed by atoms with van der Waals surface area (Å²) >= 11 is 0. The van der Waals surface area contributed by atoms with Gasteiger partial charge in [0.05, 0.1) is 13.2 Å². The summed E-state index contributed by atoms with van der Waals surface area (Å²) < 4.78 is 34.3. The number of hydrogen-bond donors (Lipinski definition) is 6. The molecule has 0 aromatic heterocycles. The van der Waals surface area contributed by atoms with E-state index < -0.39 is 63.1 Å². The van der Waals surface area contributed by atoms with E-state index in [2.05, 4.69) is 62.5 Å². The van der Waals surface area contributed by atoms with E-state index in [1.165, 1.54) is 103 Å². The molecule has 0 saturated heterocycles. The molecular formula is C52H95O12P. The molecule has 0 heterocycles. The molecule has 12 nitrogen and oxygen atoms in total. The van der Waals surface area contributed by atoms with Crippen molar-refractivity contribution < 1.29 is 58.3 Å². The van der Waals surface area contributed by atoms with Gasteiger partial charge in [-0.25, -0.2) is 4.57 Å². The Labute approximate surface area is 395 Å². The Morgan fingerprint density at radius 2 is 0.862 bits per heavy atom. The fourth-order valence-electron chi connectivity index (χ4n) is 7.77. The third-order valence-corrected chi connectivity index (χ3v) is 12.9. The highest BCUT2D eigenvalue weighted by atomic mass is 31.2. The minimum atomic E-state index is -5.03. The van der Waals surface area contributed by atoms with Crippen LogP contribution < -0.4 is 0 Å². The molecule has 6 atom stereocenters. The Morgan fingerprint density at radius 3 is 1.32 bits per heavy atom. The molecule has 1 rings (SSSR count). The highest BCUT2D eigenvalue weighted by Gasteiger charge is 2.51. The maximum Gasteiger partial charge on any atom is 0.472 e. The van der Waals surface area contributed by atoms with Gasteiger partial charge in [-0.05, 0) is 77.0 Å². The first-order chi connectivity index (χ1) is 31.5. The van der Waals surface area contributed by atoms with Crippen LogP contribution in [0.15, 0.2) is 48.6 Å². The van der Waals surface area contributed by atoms with Crippen LogP contribution in [0.1, 0.15) is 213 Å². The summed E-state index contributed by atoms with van der Waals surface area (Å²) in [6.07, 6.45) is 40.3. The first-order valence-electron chi connectivity index (χ1n) is 26.0. The molecule has 6 unspecified atom stereocenters. The van der Waals surface area contributed by atoms with Gasteiger partial charge in [0.2, 0.25) is 0 Å². The maximum absolute atomic E-state index is 12.8. The molecule has 0 aromatic rings. The van der Waals surface area contributed by atoms with Gasteiger partial charge >= 0.3 is 13.8 Å². The summed E-state index contributed by atoms with van der Waals surface area (Å²) in [5.74, 6) is -0.489. The Kier molecular flexibility index (Phi) is 40.0. The van der Waals surface area contributed by atoms with E-state index >= 15 is 0 Å². The number of aliphatic hydroxyl groups excluding tert-OH is 5. The van der Waals surface area contributed by atoms with Gasteiger partial charge in [-0.15, -0.1) is 0 Å². The third kappa shape index (κ3) is 34.3. The largest absolute Gasteiger partial charge is 0.472 e. The lowest BCUT2D eigenvalue weighted by molar-refractivity contribution is -0.220. The lowest BCUT2D eigenvalue weighted by Crippen LogP contribution is -2.64. The second-order valence-corrected chi connectivity index (χ2v) is 19.4. The average Bonchev–Trinajstić information content (AvgIpc) is 3.29. The Morgan fingerprint density at radius 1 is 0.492 bits per heavy atom. The molecule has 0 radical (unpaired) electrons. The molecule has 1 aliphatic rings. The minimum absolute atomic E-state index is 0.0872. The smallest absolute Gasteiger partial charge is 0.457 e. The summed E-state index contributed by atoms with van der Waals surface area (Å²) in [4.78, 5) is 23.2. The van der Waals surface area contributed by atoms with Crippen molar-refractivity contribution in [1.82, 2.24) is 0 Å². The molecule has 0 bridgehead atoms. The van der Waals surface area contributed by atoms with Crippen LogP contribution in [0.2, 0.25) is 0 Å². The zero-order chi connectivity index (χ0) is 47.6. The Hall–Kier alpha value is -1.70. The molecule has 0 aliphatic heterocycles. The van der Waals surface area contributed by atoms with E-state index in [0.29, 0.717) is 13.0 Å². The van der Waals surface area contributed by atoms with Gasteiger partial charge in [-0.3, -0.25) is 13.8 Å². The highest BCUT2D eigenvalue weighted by molar-refractivity contribution is 7.47. The van der Waals surface area contributed by atoms with Gasteiger partial charge in [-0.1, -0.05) is 178 Å². The molecule has 1 saturated carbocycles. The van der Waals surface area contributed by atoms with E-state index in [9.17, 15) is 39.8 Å². The number of ether oxygens (including phenoxy) is 2. The topological polar surface area (TPSA) is 192 Å². The average molecular weight is 943 g/mol. The van der Waals surface area contributed by atoms with Crippen LogP contribution in [0.5, 0.6) is 0 Å². The number of hydrogen-bond acceptors (Lipinski definition) is 11. The SMILES string of the molecule is CCCCCCC/C=C\C/C=C\C/C=C\CCCCCCCCCOCC(COP(=O)(O)OC1C(O)C(O)C(O)C(O)C1O)OC(=O)CCCCCCC/C=C\CCCCCCCCC. The minimum Gasteiger partial charge on any atom is -0.457 e. The number of rotatable bonds is 44. The predicted molar refractivity (Wildman–Crippen MR) is 262 cm³/mol. The van der Waals surface area contributed by atoms with Crippen molar-refractivity contribution in [3.63, 3.8) is 0 Å². The summed E-state index contributed by atoms with van der Waals surface area (Å²) in [6.45, 7) is 4.23. The fourth-order valence-corrected chi connectivity index (χ4v) is 8.74. The highest BCUT2D eigenvalue weighted by Crippen LogP contribution is 2.47. The number of aliphatic hydroxyl groups is 5. The Bertz CT molecular complexity index is 1260. The van der Waals surface area contributed by atoms with Crippen LogP contribution in [0.25, 0.3) is 0 Å². The molecule has 6 N–H and O–H groups in total. The standard InChI is InChI=1S/C52H95O12P/c1-3-5-7-9-11-13-15-17-19-21-22-23-24-25-26-28-30-32-34-36-38-40-42-61-43-45(44-62-65(59,60)64-52-50(57)48(55)47(54)49(56)51(52)58)63-46(53)41-39-37-35-33-31-29-27-20-18-16-14-12-10-8-6-4-2/h15,17,20-22,24-25,27,45,47-52,54-58H,3-14,16,18-19,23,26,28-44H2,1-2H3,(H,59,60)/b17-15-,22-21-,25-24-,27-20-. The molecule has 0 spiro atoms. The van der Waals surface area contributed by atoms with Gasteiger partial charge in [-0.2, -0.15) is 0 Å². The van der Waals surface area contributed by atoms with E-state index in [1.807, 2.05) is 0 Å². The maximum atomic E-state index is 12.8. The normalized spacial score (nSPS) is 21.9. The number of phosphoric ester groups is 1. The Balaban J connectivity index is 2.35. The number of carbonyl (C=O) groups excluding carboxylic acids is 1. The molecule has 65 heavy (non-hydrogen) atoms. The number of carbonyl (C=O) groups is 1. The monoisotopic (exact) mass is 943 g/mol. The predicted octanol–water partition coefficient (Wildman–Crippen LogP) is 11.6. The van der Waals surface area contributed by atoms with Crippen molar-refractivity contribution in [3.05, 3.63) is 48.6 Å². The quantitative estimate of drug-likeness (QED) is 0.0147. The van der Waals surface area contributed by atoms with E-state index in [4.69, 9.17) is 18.5 Å². The molecule has 0 aromatic carbocycles. The molecule has 380 valence electrons. The van der Waals surface area contributed by atoms with Crippen LogP contribution in [-0.2, 0) is 27.9 Å². The van der Waals surface area contributed by atoms with Crippen LogP contribution in [0.4, 0.5) is 0 Å². The van der Waals surface area contributed by atoms with Gasteiger partial charge in [0.1, 0.15) is 42.7 Å². The van der Waals surface area contributed by atoms with Crippen molar-refractivity contribution in [1.29, 1.82) is 0 Å². The first kappa shape index (κ1) is 61.3. The number of unbranched alkanes of at least 4 members (excludes halogenated alkanes) is 24. The fraction of sp³-hybridized carbons (Fsp3) is 0.827. The second-order valence-electron chi connectivity index (χ2n) is 18.0. The summed E-state index contributed by atoms with van der Waals surface area (Å²) in [7, 11) is -5.03. The van der Waals surface area contributed by atoms with Crippen LogP contribution >= 0.6 is 7.82 Å². The van der Waals surface area contributed by atoms with Crippen molar-refractivity contribution in [2.75, 3.05) is 19.8 Å². The van der Waals surface area contributed by atoms with Crippen molar-refractivity contribution in [2.24, 2.45) is 0 Å². The van der Waals surface area contributed by atoms with E-state index in [0.717, 1.165) is 83.5 Å². The molecule has 0 amide bonds. The third-order valence-electron chi connectivity index (χ3n) is 11.9. The van der Waals surface area contributed by atoms with Crippen molar-refractivity contribution in [3.8, 4) is 0 Å². The summed E-state index contributed by atoms with van der Waals surface area (Å²) in [5.41, 5.74) is 0. The first-order valence-corrected chi connectivity index (χ1v) is 27.5. The van der Waals surface area contributed by atoms with Gasteiger partial charge < -0.3 is 39.9 Å². The van der Waals surface area contributed by atoms with Crippen LogP contribution in [0.3, 0.4) is 0 Å². The number of esters is 1. The molecular weight excluding hydrogens is 848 g/mol. The lowest BCUT2D eigenvalue weighted by atomic mass is 9.85. The van der Waals surface area contributed by atoms with Crippen molar-refractivity contribution >= 4 is 13.8 Å². The number of allylic oxidation sites excluding steroid dienone is 8. The van der Waals surface area contributed by atoms with Crippen molar-refractivity contribution in [2.45, 2.75) is 256 Å². The van der Waals surface area contributed by atoms with E-state index in [-0.39, 0.29) is 13.0 Å². The molecule has 13 heteroatoms. The second kappa shape index (κ2) is 42.4. The van der Waals surface area contributed by atoms with Gasteiger partial charge in [0.15, 0.2) is 0 Å². The van der Waals surface area contributed by atoms with Crippen LogP contribution in [0, 0.1) is 0 Å². The summed E-state index contributed by atoms with van der Waals surface area (Å²) in [6, 6.07) is 0. The lowest BCUT2D eigenvalue weighted by Gasteiger charge is -2.41. The number of phosphoric acid groups is 1. The zero-order valence-corrected chi connectivity index (χ0v) is 41.7. The zero-order valence-electron chi connectivity index (χ0n) is 40.8. The molecule has 1 aliphatic carbocycles. The molecule has 1 fully saturated rings. The van der Waals surface area contributed by atoms with Gasteiger partial charge in [0, 0.05) is 13.0 Å². The van der Waals surface area contributed by atoms with E-state index in [1.54, 1.807) is 0 Å². The summed E-state index contributed by atoms with van der Waals surface area (Å²) in [5, 5.41) is 50.3. The van der Waals surface area contributed by atoms with Crippen LogP contribution in [-0.4, -0.2) is 98.9 Å².